The highest BCUT2D eigenvalue weighted by Gasteiger charge is 2.22. The van der Waals surface area contributed by atoms with E-state index in [1.165, 1.54) is 0 Å². The average molecular weight is 228 g/mol. The number of piperidine rings is 1. The largest absolute Gasteiger partial charge is 0.381 e. The highest BCUT2D eigenvalue weighted by atomic mass is 16.5. The molecule has 0 aromatic carbocycles. The van der Waals surface area contributed by atoms with E-state index in [2.05, 4.69) is 25.7 Å². The minimum absolute atomic E-state index is 0.411. The lowest BCUT2D eigenvalue weighted by molar-refractivity contribution is 0.0908. The third-order valence-corrected chi connectivity index (χ3v) is 3.27. The Morgan fingerprint density at radius 1 is 1.44 bits per heavy atom. The van der Waals surface area contributed by atoms with Crippen LogP contribution in [0.5, 0.6) is 0 Å². The first kappa shape index (κ1) is 13.9. The highest BCUT2D eigenvalue weighted by molar-refractivity contribution is 4.79. The Morgan fingerprint density at radius 3 is 2.81 bits per heavy atom. The summed E-state index contributed by atoms with van der Waals surface area (Å²) in [4.78, 5) is 2.52. The van der Waals surface area contributed by atoms with Gasteiger partial charge < -0.3 is 15.4 Å². The third-order valence-electron chi connectivity index (χ3n) is 3.27. The molecular formula is C13H28N2O. The van der Waals surface area contributed by atoms with Crippen LogP contribution in [-0.4, -0.2) is 43.8 Å². The summed E-state index contributed by atoms with van der Waals surface area (Å²) in [6, 6.07) is 0.411. The SMILES string of the molecule is CC(C)COCCCN1CCC(N)C(C)C1. The van der Waals surface area contributed by atoms with Crippen molar-refractivity contribution >= 4 is 0 Å². The molecular weight excluding hydrogens is 200 g/mol. The molecule has 1 rings (SSSR count). The van der Waals surface area contributed by atoms with Crippen molar-refractivity contribution in [1.29, 1.82) is 0 Å². The van der Waals surface area contributed by atoms with E-state index in [-0.39, 0.29) is 0 Å². The number of likely N-dealkylation sites (tertiary alicyclic amines) is 1. The molecule has 0 radical (unpaired) electrons. The third kappa shape index (κ3) is 5.28. The van der Waals surface area contributed by atoms with Crippen molar-refractivity contribution in [2.24, 2.45) is 17.6 Å². The zero-order valence-electron chi connectivity index (χ0n) is 11.1. The number of ether oxygens (including phenoxy) is 1. The predicted octanol–water partition coefficient (Wildman–Crippen LogP) is 1.72. The fourth-order valence-electron chi connectivity index (χ4n) is 2.16. The number of hydrogen-bond acceptors (Lipinski definition) is 3. The Labute approximate surface area is 100 Å². The minimum Gasteiger partial charge on any atom is -0.381 e. The lowest BCUT2D eigenvalue weighted by Crippen LogP contribution is -2.46. The number of rotatable bonds is 6. The molecule has 0 aliphatic carbocycles. The summed E-state index contributed by atoms with van der Waals surface area (Å²) in [7, 11) is 0. The van der Waals surface area contributed by atoms with Crippen LogP contribution in [0.1, 0.15) is 33.6 Å². The second-order valence-electron chi connectivity index (χ2n) is 5.55. The van der Waals surface area contributed by atoms with Crippen LogP contribution in [0, 0.1) is 11.8 Å². The zero-order chi connectivity index (χ0) is 12.0. The molecule has 1 aliphatic heterocycles. The topological polar surface area (TPSA) is 38.5 Å². The van der Waals surface area contributed by atoms with Crippen molar-refractivity contribution < 1.29 is 4.74 Å². The molecule has 0 amide bonds. The quantitative estimate of drug-likeness (QED) is 0.704. The van der Waals surface area contributed by atoms with Gasteiger partial charge in [-0.3, -0.25) is 0 Å². The Morgan fingerprint density at radius 2 is 2.19 bits per heavy atom. The summed E-state index contributed by atoms with van der Waals surface area (Å²) in [5, 5.41) is 0. The van der Waals surface area contributed by atoms with Crippen LogP contribution in [0.3, 0.4) is 0 Å². The Balaban J connectivity index is 2.01. The highest BCUT2D eigenvalue weighted by Crippen LogP contribution is 2.14. The van der Waals surface area contributed by atoms with E-state index < -0.39 is 0 Å². The molecule has 2 unspecified atom stereocenters. The molecule has 3 heteroatoms. The van der Waals surface area contributed by atoms with Crippen molar-refractivity contribution in [3.8, 4) is 0 Å². The van der Waals surface area contributed by atoms with Crippen LogP contribution in [-0.2, 0) is 4.74 Å². The van der Waals surface area contributed by atoms with Gasteiger partial charge in [-0.05, 0) is 31.2 Å². The molecule has 1 saturated heterocycles. The molecule has 0 bridgehead atoms. The van der Waals surface area contributed by atoms with E-state index in [4.69, 9.17) is 10.5 Å². The fraction of sp³-hybridized carbons (Fsp3) is 1.00. The van der Waals surface area contributed by atoms with Crippen LogP contribution in [0.4, 0.5) is 0 Å². The maximum atomic E-state index is 6.00. The summed E-state index contributed by atoms with van der Waals surface area (Å²) in [5.41, 5.74) is 6.00. The van der Waals surface area contributed by atoms with Crippen molar-refractivity contribution in [2.75, 3.05) is 32.8 Å². The van der Waals surface area contributed by atoms with E-state index >= 15 is 0 Å². The molecule has 0 saturated carbocycles. The molecule has 1 heterocycles. The Hall–Kier alpha value is -0.120. The number of nitrogens with two attached hydrogens (primary N) is 1. The van der Waals surface area contributed by atoms with Crippen LogP contribution in [0.25, 0.3) is 0 Å². The lowest BCUT2D eigenvalue weighted by atomic mass is 9.95. The van der Waals surface area contributed by atoms with E-state index in [1.807, 2.05) is 0 Å². The second-order valence-corrected chi connectivity index (χ2v) is 5.55. The van der Waals surface area contributed by atoms with Gasteiger partial charge in [0.25, 0.3) is 0 Å². The van der Waals surface area contributed by atoms with Crippen molar-refractivity contribution in [2.45, 2.75) is 39.7 Å². The molecule has 3 nitrogen and oxygen atoms in total. The molecule has 0 aromatic rings. The summed E-state index contributed by atoms with van der Waals surface area (Å²) in [6.07, 6.45) is 2.29. The van der Waals surface area contributed by atoms with Crippen LogP contribution >= 0.6 is 0 Å². The monoisotopic (exact) mass is 228 g/mol. The van der Waals surface area contributed by atoms with E-state index in [1.54, 1.807) is 0 Å². The van der Waals surface area contributed by atoms with Gasteiger partial charge in [-0.1, -0.05) is 20.8 Å². The second kappa shape index (κ2) is 7.25. The van der Waals surface area contributed by atoms with Gasteiger partial charge in [-0.15, -0.1) is 0 Å². The van der Waals surface area contributed by atoms with Gasteiger partial charge in [0, 0.05) is 32.3 Å². The Bertz CT molecular complexity index is 185. The summed E-state index contributed by atoms with van der Waals surface area (Å²) in [6.45, 7) is 11.9. The molecule has 1 aliphatic rings. The van der Waals surface area contributed by atoms with Crippen LogP contribution in [0.2, 0.25) is 0 Å². The first-order valence-corrected chi connectivity index (χ1v) is 6.65. The number of hydrogen-bond donors (Lipinski definition) is 1. The molecule has 2 atom stereocenters. The van der Waals surface area contributed by atoms with Gasteiger partial charge in [0.15, 0.2) is 0 Å². The smallest absolute Gasteiger partial charge is 0.0489 e. The van der Waals surface area contributed by atoms with Gasteiger partial charge in [0.05, 0.1) is 0 Å². The van der Waals surface area contributed by atoms with Crippen molar-refractivity contribution in [3.63, 3.8) is 0 Å². The fourth-order valence-corrected chi connectivity index (χ4v) is 2.16. The summed E-state index contributed by atoms with van der Waals surface area (Å²) >= 11 is 0. The summed E-state index contributed by atoms with van der Waals surface area (Å²) in [5.74, 6) is 1.29. The Kier molecular flexibility index (Phi) is 6.32. The first-order chi connectivity index (χ1) is 7.59. The number of nitrogens with zero attached hydrogens (tertiary/aromatic N) is 1. The molecule has 1 fully saturated rings. The maximum absolute atomic E-state index is 6.00. The van der Waals surface area contributed by atoms with Gasteiger partial charge in [0.2, 0.25) is 0 Å². The van der Waals surface area contributed by atoms with E-state index in [0.717, 1.165) is 45.7 Å². The van der Waals surface area contributed by atoms with Gasteiger partial charge in [-0.25, -0.2) is 0 Å². The van der Waals surface area contributed by atoms with E-state index in [9.17, 15) is 0 Å². The standard InChI is InChI=1S/C13H28N2O/c1-11(2)10-16-8-4-6-15-7-5-13(14)12(3)9-15/h11-13H,4-10,14H2,1-3H3. The average Bonchev–Trinajstić information content (AvgIpc) is 2.22. The molecule has 0 aromatic heterocycles. The van der Waals surface area contributed by atoms with Crippen molar-refractivity contribution in [1.82, 2.24) is 4.90 Å². The van der Waals surface area contributed by atoms with E-state index in [0.29, 0.717) is 17.9 Å². The zero-order valence-corrected chi connectivity index (χ0v) is 11.1. The molecule has 96 valence electrons. The maximum Gasteiger partial charge on any atom is 0.0489 e. The summed E-state index contributed by atoms with van der Waals surface area (Å²) < 4.78 is 5.58. The van der Waals surface area contributed by atoms with Gasteiger partial charge in [-0.2, -0.15) is 0 Å². The van der Waals surface area contributed by atoms with Crippen molar-refractivity contribution in [3.05, 3.63) is 0 Å². The normalized spacial score (nSPS) is 27.6. The van der Waals surface area contributed by atoms with Gasteiger partial charge >= 0.3 is 0 Å². The molecule has 2 N–H and O–H groups in total. The lowest BCUT2D eigenvalue weighted by Gasteiger charge is -2.35. The molecule has 0 spiro atoms. The van der Waals surface area contributed by atoms with Gasteiger partial charge in [0.1, 0.15) is 0 Å². The predicted molar refractivity (Wildman–Crippen MR) is 68.5 cm³/mol. The first-order valence-electron chi connectivity index (χ1n) is 6.65. The minimum atomic E-state index is 0.411. The molecule has 16 heavy (non-hydrogen) atoms. The van der Waals surface area contributed by atoms with Crippen LogP contribution in [0.15, 0.2) is 0 Å². The van der Waals surface area contributed by atoms with Crippen LogP contribution < -0.4 is 5.73 Å².